The summed E-state index contributed by atoms with van der Waals surface area (Å²) in [5.41, 5.74) is 2.85. The highest BCUT2D eigenvalue weighted by Crippen LogP contribution is 2.40. The fourth-order valence-corrected chi connectivity index (χ4v) is 6.42. The summed E-state index contributed by atoms with van der Waals surface area (Å²) in [5, 5.41) is 6.85. The van der Waals surface area contributed by atoms with E-state index >= 15 is 0 Å². The van der Waals surface area contributed by atoms with Crippen molar-refractivity contribution in [2.24, 2.45) is 11.3 Å². The van der Waals surface area contributed by atoms with Crippen molar-refractivity contribution in [3.63, 3.8) is 0 Å². The van der Waals surface area contributed by atoms with E-state index in [0.29, 0.717) is 16.6 Å². The number of amides is 2. The molecule has 1 fully saturated rings. The minimum atomic E-state index is -0.217. The van der Waals surface area contributed by atoms with Crippen molar-refractivity contribution in [1.82, 2.24) is 10.3 Å². The number of rotatable bonds is 4. The molecule has 31 heavy (non-hydrogen) atoms. The lowest BCUT2D eigenvalue weighted by Gasteiger charge is -2.39. The highest BCUT2D eigenvalue weighted by Gasteiger charge is 2.36. The summed E-state index contributed by atoms with van der Waals surface area (Å²) in [6.45, 7) is 8.87. The van der Waals surface area contributed by atoms with E-state index in [0.717, 1.165) is 48.2 Å². The molecule has 2 amide bonds. The van der Waals surface area contributed by atoms with E-state index in [1.54, 1.807) is 0 Å². The summed E-state index contributed by atoms with van der Waals surface area (Å²) in [7, 11) is 0. The van der Waals surface area contributed by atoms with E-state index in [1.807, 2.05) is 31.2 Å². The van der Waals surface area contributed by atoms with Crippen molar-refractivity contribution in [2.45, 2.75) is 78.2 Å². The molecule has 1 saturated carbocycles. The highest BCUT2D eigenvalue weighted by molar-refractivity contribution is 7.16. The van der Waals surface area contributed by atoms with Crippen LogP contribution >= 0.6 is 11.3 Å². The van der Waals surface area contributed by atoms with Gasteiger partial charge in [-0.05, 0) is 68.9 Å². The minimum Gasteiger partial charge on any atom is -0.353 e. The molecular formula is C25H33N3O2S. The van der Waals surface area contributed by atoms with Gasteiger partial charge >= 0.3 is 0 Å². The second-order valence-corrected chi connectivity index (χ2v) is 11.3. The predicted molar refractivity (Wildman–Crippen MR) is 126 cm³/mol. The molecule has 0 spiro atoms. The zero-order valence-electron chi connectivity index (χ0n) is 19.0. The first-order valence-corrected chi connectivity index (χ1v) is 12.2. The first-order chi connectivity index (χ1) is 14.7. The molecule has 2 aliphatic carbocycles. The molecule has 0 radical (unpaired) electrons. The Morgan fingerprint density at radius 2 is 1.90 bits per heavy atom. The Hall–Kier alpha value is -2.21. The summed E-state index contributed by atoms with van der Waals surface area (Å²) in [5.74, 6) is 0.340. The van der Waals surface area contributed by atoms with Gasteiger partial charge in [-0.3, -0.25) is 14.9 Å². The van der Waals surface area contributed by atoms with Crippen LogP contribution in [0.2, 0.25) is 0 Å². The number of aromatic nitrogens is 1. The Balaban J connectivity index is 1.45. The van der Waals surface area contributed by atoms with Crippen LogP contribution in [0.25, 0.3) is 0 Å². The molecule has 5 nitrogen and oxygen atoms in total. The molecule has 6 heteroatoms. The van der Waals surface area contributed by atoms with Crippen molar-refractivity contribution in [1.29, 1.82) is 0 Å². The van der Waals surface area contributed by atoms with E-state index in [4.69, 9.17) is 4.98 Å². The molecule has 166 valence electrons. The third kappa shape index (κ3) is 5.17. The van der Waals surface area contributed by atoms with Gasteiger partial charge in [0.05, 0.1) is 11.6 Å². The first kappa shape index (κ1) is 22.0. The van der Waals surface area contributed by atoms with E-state index in [1.165, 1.54) is 17.8 Å². The molecule has 0 aliphatic heterocycles. The Bertz CT molecular complexity index is 964. The van der Waals surface area contributed by atoms with Crippen molar-refractivity contribution in [2.75, 3.05) is 5.32 Å². The van der Waals surface area contributed by atoms with Gasteiger partial charge in [-0.2, -0.15) is 0 Å². The summed E-state index contributed by atoms with van der Waals surface area (Å²) in [6, 6.07) is 7.73. The minimum absolute atomic E-state index is 0.0950. The average molecular weight is 440 g/mol. The highest BCUT2D eigenvalue weighted by atomic mass is 32.1. The maximum atomic E-state index is 13.2. The molecule has 1 aromatic heterocycles. The number of thiazole rings is 1. The molecule has 1 aromatic carbocycles. The van der Waals surface area contributed by atoms with Crippen LogP contribution in [0.4, 0.5) is 5.13 Å². The average Bonchev–Trinajstić information content (AvgIpc) is 3.09. The lowest BCUT2D eigenvalue weighted by atomic mass is 9.70. The second kappa shape index (κ2) is 8.73. The Labute approximate surface area is 189 Å². The van der Waals surface area contributed by atoms with Gasteiger partial charge < -0.3 is 5.32 Å². The number of carbonyl (C=O) groups excluding carboxylic acids is 2. The topological polar surface area (TPSA) is 71.1 Å². The van der Waals surface area contributed by atoms with Crippen LogP contribution in [0.5, 0.6) is 0 Å². The zero-order chi connectivity index (χ0) is 22.2. The van der Waals surface area contributed by atoms with Crippen LogP contribution in [0.15, 0.2) is 24.3 Å². The predicted octanol–water partition coefficient (Wildman–Crippen LogP) is 5.45. The van der Waals surface area contributed by atoms with Gasteiger partial charge in [0.15, 0.2) is 5.13 Å². The number of fused-ring (bicyclic) bond motifs is 1. The summed E-state index contributed by atoms with van der Waals surface area (Å²) >= 11 is 1.51. The molecule has 4 rings (SSSR count). The lowest BCUT2D eigenvalue weighted by molar-refractivity contribution is -0.124. The molecule has 0 bridgehead atoms. The van der Waals surface area contributed by atoms with E-state index in [2.05, 4.69) is 31.4 Å². The van der Waals surface area contributed by atoms with Gasteiger partial charge in [0.1, 0.15) is 0 Å². The number of nitrogens with one attached hydrogen (secondary N) is 2. The number of aryl methyl sites for hydroxylation is 2. The van der Waals surface area contributed by atoms with Gasteiger partial charge in [-0.15, -0.1) is 11.3 Å². The Morgan fingerprint density at radius 3 is 2.61 bits per heavy atom. The second-order valence-electron chi connectivity index (χ2n) is 10.2. The van der Waals surface area contributed by atoms with Crippen LogP contribution in [0.1, 0.15) is 85.3 Å². The number of anilines is 1. The van der Waals surface area contributed by atoms with Crippen LogP contribution in [0.3, 0.4) is 0 Å². The largest absolute Gasteiger partial charge is 0.353 e. The molecule has 2 N–H and O–H groups in total. The Morgan fingerprint density at radius 1 is 1.16 bits per heavy atom. The fourth-order valence-electron chi connectivity index (χ4n) is 5.36. The van der Waals surface area contributed by atoms with Crippen LogP contribution in [-0.4, -0.2) is 22.8 Å². The number of benzene rings is 1. The van der Waals surface area contributed by atoms with Gasteiger partial charge in [0.2, 0.25) is 5.91 Å². The van der Waals surface area contributed by atoms with Crippen LogP contribution in [0, 0.1) is 18.3 Å². The summed E-state index contributed by atoms with van der Waals surface area (Å²) < 4.78 is 0. The molecule has 2 aromatic rings. The monoisotopic (exact) mass is 439 g/mol. The lowest BCUT2D eigenvalue weighted by Crippen LogP contribution is -2.45. The maximum Gasteiger partial charge on any atom is 0.257 e. The third-order valence-electron chi connectivity index (χ3n) is 6.54. The van der Waals surface area contributed by atoms with E-state index < -0.39 is 0 Å². The van der Waals surface area contributed by atoms with Crippen molar-refractivity contribution >= 4 is 28.3 Å². The summed E-state index contributed by atoms with van der Waals surface area (Å²) in [6.07, 6.45) is 6.00. The number of carbonyl (C=O) groups is 2. The SMILES string of the molecule is Cc1ccc(C(=O)Nc2nc3c(s2)CCCC3C(=O)NC2CC(C)CC(C)(C)C2)cc1. The van der Waals surface area contributed by atoms with Crippen molar-refractivity contribution in [3.8, 4) is 0 Å². The molecule has 3 atom stereocenters. The quantitative estimate of drug-likeness (QED) is 0.665. The smallest absolute Gasteiger partial charge is 0.257 e. The first-order valence-electron chi connectivity index (χ1n) is 11.4. The standard InChI is InChI=1S/C25H33N3O2S/c1-15-8-10-17(11-9-15)22(29)28-24-27-21-19(6-5-7-20(21)31-24)23(30)26-18-12-16(2)13-25(3,4)14-18/h8-11,16,18-19H,5-7,12-14H2,1-4H3,(H,26,30)(H,27,28,29). The zero-order valence-corrected chi connectivity index (χ0v) is 19.8. The molecule has 0 saturated heterocycles. The maximum absolute atomic E-state index is 13.2. The Kier molecular flexibility index (Phi) is 6.20. The van der Waals surface area contributed by atoms with E-state index in [9.17, 15) is 9.59 Å². The van der Waals surface area contributed by atoms with Crippen LogP contribution < -0.4 is 10.6 Å². The number of nitrogens with zero attached hydrogens (tertiary/aromatic N) is 1. The molecule has 2 aliphatic rings. The molecule has 1 heterocycles. The van der Waals surface area contributed by atoms with E-state index in [-0.39, 0.29) is 29.2 Å². The molecule has 3 unspecified atom stereocenters. The summed E-state index contributed by atoms with van der Waals surface area (Å²) in [4.78, 5) is 31.6. The number of hydrogen-bond donors (Lipinski definition) is 2. The van der Waals surface area contributed by atoms with Gasteiger partial charge in [0, 0.05) is 16.5 Å². The molecular weight excluding hydrogens is 406 g/mol. The third-order valence-corrected chi connectivity index (χ3v) is 7.58. The normalized spacial score (nSPS) is 24.8. The van der Waals surface area contributed by atoms with Gasteiger partial charge in [-0.1, -0.05) is 38.5 Å². The number of hydrogen-bond acceptors (Lipinski definition) is 4. The van der Waals surface area contributed by atoms with Gasteiger partial charge in [0.25, 0.3) is 5.91 Å². The van der Waals surface area contributed by atoms with Crippen molar-refractivity contribution in [3.05, 3.63) is 46.0 Å². The fraction of sp³-hybridized carbons (Fsp3) is 0.560. The van der Waals surface area contributed by atoms with Gasteiger partial charge in [-0.25, -0.2) is 4.98 Å². The van der Waals surface area contributed by atoms with Crippen LogP contribution in [-0.2, 0) is 11.2 Å². The van der Waals surface area contributed by atoms with Crippen molar-refractivity contribution < 1.29 is 9.59 Å².